The van der Waals surface area contributed by atoms with Gasteiger partial charge in [0, 0.05) is 19.2 Å². The van der Waals surface area contributed by atoms with Crippen molar-refractivity contribution in [3.8, 4) is 5.75 Å². The number of nitrogens with zero attached hydrogens (tertiary/aromatic N) is 1. The van der Waals surface area contributed by atoms with Crippen LogP contribution in [0.15, 0.2) is 16.9 Å². The van der Waals surface area contributed by atoms with E-state index in [9.17, 15) is 9.59 Å². The van der Waals surface area contributed by atoms with Crippen LogP contribution in [0.3, 0.4) is 0 Å². The van der Waals surface area contributed by atoms with Gasteiger partial charge in [-0.25, -0.2) is 4.79 Å². The lowest BCUT2D eigenvalue weighted by Gasteiger charge is -2.05. The van der Waals surface area contributed by atoms with Crippen LogP contribution >= 0.6 is 0 Å². The molecule has 0 fully saturated rings. The Morgan fingerprint density at radius 3 is 2.62 bits per heavy atom. The van der Waals surface area contributed by atoms with Gasteiger partial charge in [0.1, 0.15) is 11.4 Å². The summed E-state index contributed by atoms with van der Waals surface area (Å²) >= 11 is 0. The monoisotopic (exact) mass is 183 g/mol. The van der Waals surface area contributed by atoms with Crippen LogP contribution in [0.2, 0.25) is 0 Å². The Morgan fingerprint density at radius 2 is 2.15 bits per heavy atom. The third-order valence-corrected chi connectivity index (χ3v) is 1.69. The van der Waals surface area contributed by atoms with Gasteiger partial charge in [-0.1, -0.05) is 0 Å². The summed E-state index contributed by atoms with van der Waals surface area (Å²) in [4.78, 5) is 21.8. The molecule has 1 aromatic rings. The van der Waals surface area contributed by atoms with Gasteiger partial charge in [-0.3, -0.25) is 4.79 Å². The van der Waals surface area contributed by atoms with E-state index in [2.05, 4.69) is 0 Å². The third kappa shape index (κ3) is 1.69. The van der Waals surface area contributed by atoms with Gasteiger partial charge in [0.25, 0.3) is 5.56 Å². The third-order valence-electron chi connectivity index (χ3n) is 1.69. The molecule has 5 heteroatoms. The topological polar surface area (TPSA) is 68.5 Å². The number of hydrogen-bond acceptors (Lipinski definition) is 3. The van der Waals surface area contributed by atoms with Crippen molar-refractivity contribution < 1.29 is 14.6 Å². The number of methoxy groups -OCH3 is 1. The highest BCUT2D eigenvalue weighted by Gasteiger charge is 2.09. The van der Waals surface area contributed by atoms with E-state index in [1.54, 1.807) is 0 Å². The summed E-state index contributed by atoms with van der Waals surface area (Å²) in [7, 11) is 2.77. The first-order valence-electron chi connectivity index (χ1n) is 3.54. The number of carboxylic acid groups (broad SMARTS) is 1. The maximum absolute atomic E-state index is 11.1. The van der Waals surface area contributed by atoms with Crippen molar-refractivity contribution in [1.82, 2.24) is 4.57 Å². The summed E-state index contributed by atoms with van der Waals surface area (Å²) in [5.41, 5.74) is -0.499. The molecule has 5 nitrogen and oxygen atoms in total. The van der Waals surface area contributed by atoms with Crippen LogP contribution in [-0.4, -0.2) is 22.8 Å². The quantitative estimate of drug-likeness (QED) is 0.705. The highest BCUT2D eigenvalue weighted by atomic mass is 16.5. The van der Waals surface area contributed by atoms with Crippen LogP contribution in [-0.2, 0) is 7.05 Å². The zero-order valence-corrected chi connectivity index (χ0v) is 7.27. The average molecular weight is 183 g/mol. The summed E-state index contributed by atoms with van der Waals surface area (Å²) in [6, 6.07) is 2.52. The second-order valence-corrected chi connectivity index (χ2v) is 2.48. The van der Waals surface area contributed by atoms with Crippen LogP contribution in [0, 0.1) is 0 Å². The van der Waals surface area contributed by atoms with Crippen molar-refractivity contribution in [2.45, 2.75) is 0 Å². The lowest BCUT2D eigenvalue weighted by Crippen LogP contribution is -2.22. The summed E-state index contributed by atoms with van der Waals surface area (Å²) in [5, 5.41) is 8.69. The number of ether oxygens (including phenoxy) is 1. The molecule has 13 heavy (non-hydrogen) atoms. The van der Waals surface area contributed by atoms with Crippen molar-refractivity contribution in [2.24, 2.45) is 7.05 Å². The molecule has 0 aliphatic heterocycles. The zero-order valence-electron chi connectivity index (χ0n) is 7.27. The molecule has 0 saturated carbocycles. The molecule has 0 unspecified atom stereocenters. The number of carbonyl (C=O) groups is 1. The van der Waals surface area contributed by atoms with Crippen LogP contribution in [0.25, 0.3) is 0 Å². The minimum absolute atomic E-state index is 0.0932. The number of carboxylic acids is 1. The summed E-state index contributed by atoms with van der Waals surface area (Å²) in [6.45, 7) is 0. The van der Waals surface area contributed by atoms with Crippen molar-refractivity contribution in [2.75, 3.05) is 7.11 Å². The van der Waals surface area contributed by atoms with Gasteiger partial charge < -0.3 is 14.4 Å². The minimum atomic E-state index is -1.15. The zero-order chi connectivity index (χ0) is 10.0. The van der Waals surface area contributed by atoms with E-state index in [-0.39, 0.29) is 11.4 Å². The molecule has 0 atom stereocenters. The molecule has 0 amide bonds. The van der Waals surface area contributed by atoms with E-state index in [0.717, 1.165) is 4.57 Å². The Kier molecular flexibility index (Phi) is 2.36. The molecule has 1 aromatic heterocycles. The van der Waals surface area contributed by atoms with Gasteiger partial charge in [-0.15, -0.1) is 0 Å². The molecule has 70 valence electrons. The van der Waals surface area contributed by atoms with Gasteiger partial charge in [-0.2, -0.15) is 0 Å². The van der Waals surface area contributed by atoms with Crippen molar-refractivity contribution in [3.05, 3.63) is 28.2 Å². The Hall–Kier alpha value is -1.78. The van der Waals surface area contributed by atoms with Crippen LogP contribution < -0.4 is 10.3 Å². The van der Waals surface area contributed by atoms with Crippen LogP contribution in [0.4, 0.5) is 0 Å². The van der Waals surface area contributed by atoms with E-state index < -0.39 is 11.5 Å². The van der Waals surface area contributed by atoms with Gasteiger partial charge in [0.15, 0.2) is 0 Å². The molecule has 1 rings (SSSR count). The van der Waals surface area contributed by atoms with E-state index in [1.807, 2.05) is 0 Å². The van der Waals surface area contributed by atoms with Crippen LogP contribution in [0.5, 0.6) is 5.75 Å². The van der Waals surface area contributed by atoms with E-state index in [4.69, 9.17) is 9.84 Å². The van der Waals surface area contributed by atoms with E-state index in [1.165, 1.54) is 26.3 Å². The fraction of sp³-hybridized carbons (Fsp3) is 0.250. The molecule has 0 radical (unpaired) electrons. The minimum Gasteiger partial charge on any atom is -0.496 e. The first kappa shape index (κ1) is 9.31. The Morgan fingerprint density at radius 1 is 1.54 bits per heavy atom. The number of hydrogen-bond donors (Lipinski definition) is 1. The van der Waals surface area contributed by atoms with Gasteiger partial charge in [0.2, 0.25) is 0 Å². The number of rotatable bonds is 2. The van der Waals surface area contributed by atoms with Crippen molar-refractivity contribution in [1.29, 1.82) is 0 Å². The predicted molar refractivity (Wildman–Crippen MR) is 45.2 cm³/mol. The predicted octanol–water partition coefficient (Wildman–Crippen LogP) is 0.0921. The Balaban J connectivity index is 3.42. The lowest BCUT2D eigenvalue weighted by molar-refractivity contribution is 0.0684. The van der Waals surface area contributed by atoms with Crippen molar-refractivity contribution >= 4 is 5.97 Å². The second-order valence-electron chi connectivity index (χ2n) is 2.48. The molecular formula is C8H9NO4. The maximum Gasteiger partial charge on any atom is 0.352 e. The first-order valence-corrected chi connectivity index (χ1v) is 3.54. The smallest absolute Gasteiger partial charge is 0.352 e. The molecule has 0 aromatic carbocycles. The maximum atomic E-state index is 11.1. The largest absolute Gasteiger partial charge is 0.496 e. The van der Waals surface area contributed by atoms with E-state index in [0.29, 0.717) is 0 Å². The number of aromatic carboxylic acids is 1. The standard InChI is InChI=1S/C8H9NO4/c1-9-6(8(11)12)3-5(13-2)4-7(9)10/h3-4H,1-2H3,(H,11,12). The lowest BCUT2D eigenvalue weighted by atomic mass is 10.3. The van der Waals surface area contributed by atoms with E-state index >= 15 is 0 Å². The number of aromatic nitrogens is 1. The SMILES string of the molecule is COc1cc(C(=O)O)n(C)c(=O)c1. The van der Waals surface area contributed by atoms with Crippen LogP contribution in [0.1, 0.15) is 10.5 Å². The Labute approximate surface area is 74.2 Å². The molecule has 0 bridgehead atoms. The second kappa shape index (κ2) is 3.30. The fourth-order valence-corrected chi connectivity index (χ4v) is 0.934. The van der Waals surface area contributed by atoms with Gasteiger partial charge >= 0.3 is 5.97 Å². The molecule has 1 N–H and O–H groups in total. The molecular weight excluding hydrogens is 174 g/mol. The average Bonchev–Trinajstić information content (AvgIpc) is 2.09. The fourth-order valence-electron chi connectivity index (χ4n) is 0.934. The van der Waals surface area contributed by atoms with Gasteiger partial charge in [0.05, 0.1) is 7.11 Å². The Bertz CT molecular complexity index is 394. The normalized spacial score (nSPS) is 9.69. The molecule has 0 saturated heterocycles. The van der Waals surface area contributed by atoms with Gasteiger partial charge in [-0.05, 0) is 0 Å². The summed E-state index contributed by atoms with van der Waals surface area (Å²) in [6.07, 6.45) is 0. The van der Waals surface area contributed by atoms with Crippen molar-refractivity contribution in [3.63, 3.8) is 0 Å². The highest BCUT2D eigenvalue weighted by Crippen LogP contribution is 2.08. The first-order chi connectivity index (χ1) is 6.06. The number of pyridine rings is 1. The highest BCUT2D eigenvalue weighted by molar-refractivity contribution is 5.86. The molecule has 0 aliphatic carbocycles. The summed E-state index contributed by atoms with van der Waals surface area (Å²) in [5.74, 6) is -0.904. The molecule has 1 heterocycles. The molecule has 0 aliphatic rings. The summed E-state index contributed by atoms with van der Waals surface area (Å²) < 4.78 is 5.81. The molecule has 0 spiro atoms.